The lowest BCUT2D eigenvalue weighted by Crippen LogP contribution is -2.28. The Morgan fingerprint density at radius 1 is 1.15 bits per heavy atom. The smallest absolute Gasteiger partial charge is 0.259 e. The first-order valence-electron chi connectivity index (χ1n) is 10.7. The summed E-state index contributed by atoms with van der Waals surface area (Å²) >= 11 is 5.95. The van der Waals surface area contributed by atoms with Gasteiger partial charge in [0.25, 0.3) is 5.91 Å². The Balaban J connectivity index is 1.62. The number of benzene rings is 2. The van der Waals surface area contributed by atoms with Crippen molar-refractivity contribution in [1.29, 1.82) is 0 Å². The zero-order valence-electron chi connectivity index (χ0n) is 18.4. The van der Waals surface area contributed by atoms with Crippen LogP contribution < -0.4 is 10.1 Å². The minimum absolute atomic E-state index is 0.0534. The Morgan fingerprint density at radius 2 is 1.85 bits per heavy atom. The number of nitrogens with zero attached hydrogens (tertiary/aromatic N) is 3. The molecule has 1 aliphatic rings. The van der Waals surface area contributed by atoms with Gasteiger partial charge in [0.05, 0.1) is 29.7 Å². The summed E-state index contributed by atoms with van der Waals surface area (Å²) in [6, 6.07) is 11.8. The van der Waals surface area contributed by atoms with Crippen molar-refractivity contribution in [2.45, 2.75) is 31.6 Å². The average Bonchev–Trinajstić information content (AvgIpc) is 3.46. The quantitative estimate of drug-likeness (QED) is 0.536. The maximum atomic E-state index is 13.2. The number of aromatic nitrogens is 2. The van der Waals surface area contributed by atoms with Gasteiger partial charge in [-0.25, -0.2) is 13.1 Å². The minimum atomic E-state index is -3.73. The van der Waals surface area contributed by atoms with Crippen LogP contribution in [0.5, 0.6) is 5.75 Å². The molecule has 4 rings (SSSR count). The van der Waals surface area contributed by atoms with E-state index in [1.807, 2.05) is 12.1 Å². The lowest BCUT2D eigenvalue weighted by Gasteiger charge is -2.19. The second kappa shape index (κ2) is 9.54. The van der Waals surface area contributed by atoms with Crippen LogP contribution >= 0.6 is 11.6 Å². The molecule has 8 nitrogen and oxygen atoms in total. The van der Waals surface area contributed by atoms with Crippen LogP contribution in [-0.4, -0.2) is 48.1 Å². The van der Waals surface area contributed by atoms with Crippen LogP contribution in [0.3, 0.4) is 0 Å². The molecule has 33 heavy (non-hydrogen) atoms. The predicted octanol–water partition coefficient (Wildman–Crippen LogP) is 4.27. The highest BCUT2D eigenvalue weighted by molar-refractivity contribution is 7.89. The average molecular weight is 489 g/mol. The largest absolute Gasteiger partial charge is 0.492 e. The van der Waals surface area contributed by atoms with Crippen molar-refractivity contribution in [3.05, 3.63) is 64.9 Å². The van der Waals surface area contributed by atoms with Crippen molar-refractivity contribution < 1.29 is 17.9 Å². The molecule has 2 aromatic carbocycles. The van der Waals surface area contributed by atoms with Gasteiger partial charge in [0.15, 0.2) is 0 Å². The molecule has 0 radical (unpaired) electrons. The number of sulfonamides is 1. The maximum Gasteiger partial charge on any atom is 0.259 e. The first-order chi connectivity index (χ1) is 15.8. The van der Waals surface area contributed by atoms with Gasteiger partial charge in [-0.15, -0.1) is 0 Å². The van der Waals surface area contributed by atoms with E-state index in [0.717, 1.165) is 18.5 Å². The molecule has 1 fully saturated rings. The summed E-state index contributed by atoms with van der Waals surface area (Å²) in [6.07, 6.45) is 3.14. The molecule has 1 N–H and O–H groups in total. The third-order valence-electron chi connectivity index (χ3n) is 5.51. The number of carbonyl (C=O) groups excluding carboxylic acids is 1. The van der Waals surface area contributed by atoms with E-state index in [1.165, 1.54) is 16.6 Å². The molecule has 1 amide bonds. The predicted molar refractivity (Wildman–Crippen MR) is 127 cm³/mol. The third kappa shape index (κ3) is 4.75. The zero-order valence-corrected chi connectivity index (χ0v) is 20.0. The summed E-state index contributed by atoms with van der Waals surface area (Å²) in [6.45, 7) is 4.87. The van der Waals surface area contributed by atoms with E-state index >= 15 is 0 Å². The molecule has 0 saturated carbocycles. The van der Waals surface area contributed by atoms with Gasteiger partial charge in [-0.3, -0.25) is 4.79 Å². The number of rotatable bonds is 7. The number of anilines is 1. The van der Waals surface area contributed by atoms with E-state index in [1.54, 1.807) is 42.8 Å². The molecule has 0 unspecified atom stereocenters. The van der Waals surface area contributed by atoms with Crippen LogP contribution in [0, 0.1) is 6.92 Å². The standard InChI is InChI=1S/C23H25ClN4O4S/c1-3-32-21-11-8-18(14-22(21)33(30,31)27-12-4-5-13-27)26-23(29)20-15-25-28(16(20)2)19-9-6-17(24)7-10-19/h6-11,14-15H,3-5,12-13H2,1-2H3,(H,26,29). The molecule has 0 aliphatic carbocycles. The number of halogens is 1. The highest BCUT2D eigenvalue weighted by Crippen LogP contribution is 2.32. The number of hydrogen-bond acceptors (Lipinski definition) is 5. The van der Waals surface area contributed by atoms with Gasteiger partial charge in [0.1, 0.15) is 10.6 Å². The Kier molecular flexibility index (Phi) is 6.73. The molecule has 1 aromatic heterocycles. The number of hydrogen-bond donors (Lipinski definition) is 1. The lowest BCUT2D eigenvalue weighted by molar-refractivity contribution is 0.102. The van der Waals surface area contributed by atoms with E-state index in [9.17, 15) is 13.2 Å². The van der Waals surface area contributed by atoms with Gasteiger partial charge in [0, 0.05) is 23.8 Å². The van der Waals surface area contributed by atoms with Crippen molar-refractivity contribution in [2.24, 2.45) is 0 Å². The van der Waals surface area contributed by atoms with Crippen molar-refractivity contribution in [3.63, 3.8) is 0 Å². The Bertz CT molecular complexity index is 1270. The molecule has 0 bridgehead atoms. The maximum absolute atomic E-state index is 13.2. The summed E-state index contributed by atoms with van der Waals surface area (Å²) in [4.78, 5) is 13.0. The minimum Gasteiger partial charge on any atom is -0.492 e. The molecule has 10 heteroatoms. The fourth-order valence-corrected chi connectivity index (χ4v) is 5.60. The van der Waals surface area contributed by atoms with E-state index in [0.29, 0.717) is 41.7 Å². The number of nitrogens with one attached hydrogen (secondary N) is 1. The number of carbonyl (C=O) groups is 1. The molecule has 1 aliphatic heterocycles. The molecular weight excluding hydrogens is 464 g/mol. The fourth-order valence-electron chi connectivity index (χ4n) is 3.80. The van der Waals surface area contributed by atoms with Crippen LogP contribution in [-0.2, 0) is 10.0 Å². The van der Waals surface area contributed by atoms with Crippen LogP contribution in [0.15, 0.2) is 53.6 Å². The van der Waals surface area contributed by atoms with E-state index in [2.05, 4.69) is 10.4 Å². The SMILES string of the molecule is CCOc1ccc(NC(=O)c2cnn(-c3ccc(Cl)cc3)c2C)cc1S(=O)(=O)N1CCCC1. The normalized spacial score (nSPS) is 14.4. The Hall–Kier alpha value is -2.88. The van der Waals surface area contributed by atoms with Gasteiger partial charge in [-0.1, -0.05) is 11.6 Å². The summed E-state index contributed by atoms with van der Waals surface area (Å²) in [5, 5.41) is 7.72. The summed E-state index contributed by atoms with van der Waals surface area (Å²) < 4.78 is 35.0. The van der Waals surface area contributed by atoms with Crippen LogP contribution in [0.4, 0.5) is 5.69 Å². The van der Waals surface area contributed by atoms with Crippen LogP contribution in [0.1, 0.15) is 35.8 Å². The monoisotopic (exact) mass is 488 g/mol. The second-order valence-electron chi connectivity index (χ2n) is 7.69. The summed E-state index contributed by atoms with van der Waals surface area (Å²) in [5.41, 5.74) is 2.16. The zero-order chi connectivity index (χ0) is 23.6. The molecule has 3 aromatic rings. The van der Waals surface area contributed by atoms with Crippen molar-refractivity contribution in [1.82, 2.24) is 14.1 Å². The fraction of sp³-hybridized carbons (Fsp3) is 0.304. The van der Waals surface area contributed by atoms with Crippen LogP contribution in [0.25, 0.3) is 5.69 Å². The van der Waals surface area contributed by atoms with Gasteiger partial charge in [-0.05, 0) is 69.2 Å². The molecule has 0 spiro atoms. The van der Waals surface area contributed by atoms with E-state index < -0.39 is 10.0 Å². The Morgan fingerprint density at radius 3 is 2.52 bits per heavy atom. The molecular formula is C23H25ClN4O4S. The molecule has 1 saturated heterocycles. The summed E-state index contributed by atoms with van der Waals surface area (Å²) in [7, 11) is -3.73. The van der Waals surface area contributed by atoms with Gasteiger partial charge >= 0.3 is 0 Å². The van der Waals surface area contributed by atoms with Crippen molar-refractivity contribution in [3.8, 4) is 11.4 Å². The van der Waals surface area contributed by atoms with Gasteiger partial charge in [-0.2, -0.15) is 9.40 Å². The number of amides is 1. The van der Waals surface area contributed by atoms with Gasteiger partial charge in [0.2, 0.25) is 10.0 Å². The van der Waals surface area contributed by atoms with Gasteiger partial charge < -0.3 is 10.1 Å². The third-order valence-corrected chi connectivity index (χ3v) is 7.68. The van der Waals surface area contributed by atoms with Crippen molar-refractivity contribution >= 4 is 33.2 Å². The number of ether oxygens (including phenoxy) is 1. The van der Waals surface area contributed by atoms with Crippen molar-refractivity contribution in [2.75, 3.05) is 25.0 Å². The first-order valence-corrected chi connectivity index (χ1v) is 12.5. The molecule has 2 heterocycles. The lowest BCUT2D eigenvalue weighted by atomic mass is 10.2. The summed E-state index contributed by atoms with van der Waals surface area (Å²) in [5.74, 6) is -0.115. The topological polar surface area (TPSA) is 93.5 Å². The molecule has 174 valence electrons. The first kappa shape index (κ1) is 23.3. The van der Waals surface area contributed by atoms with E-state index in [-0.39, 0.29) is 16.6 Å². The Labute approximate surface area is 198 Å². The highest BCUT2D eigenvalue weighted by Gasteiger charge is 2.30. The van der Waals surface area contributed by atoms with E-state index in [4.69, 9.17) is 16.3 Å². The van der Waals surface area contributed by atoms with Crippen LogP contribution in [0.2, 0.25) is 5.02 Å². The second-order valence-corrected chi connectivity index (χ2v) is 10.0. The highest BCUT2D eigenvalue weighted by atomic mass is 35.5. The molecule has 0 atom stereocenters.